The van der Waals surface area contributed by atoms with Crippen molar-refractivity contribution in [3.05, 3.63) is 41.3 Å². The van der Waals surface area contributed by atoms with Crippen LogP contribution in [0.5, 0.6) is 5.75 Å². The van der Waals surface area contributed by atoms with Crippen LogP contribution in [0.15, 0.2) is 30.3 Å². The van der Waals surface area contributed by atoms with Crippen LogP contribution >= 0.6 is 11.6 Å². The van der Waals surface area contributed by atoms with E-state index >= 15 is 0 Å². The molecule has 0 saturated carbocycles. The topological polar surface area (TPSA) is 72.3 Å². The minimum absolute atomic E-state index is 0.0749. The second kappa shape index (κ2) is 7.79. The van der Waals surface area contributed by atoms with Crippen molar-refractivity contribution in [3.8, 4) is 17.0 Å². The normalized spacial score (nSPS) is 12.7. The quantitative estimate of drug-likeness (QED) is 0.613. The van der Waals surface area contributed by atoms with Crippen LogP contribution in [0.2, 0.25) is 5.28 Å². The van der Waals surface area contributed by atoms with Gasteiger partial charge in [0.2, 0.25) is 5.28 Å². The van der Waals surface area contributed by atoms with E-state index in [1.165, 1.54) is 18.2 Å². The lowest BCUT2D eigenvalue weighted by Gasteiger charge is -2.10. The van der Waals surface area contributed by atoms with Crippen LogP contribution in [0.1, 0.15) is 23.8 Å². The van der Waals surface area contributed by atoms with Gasteiger partial charge in [-0.15, -0.1) is 13.2 Å². The molecular weight excluding hydrogens is 361 g/mol. The molecule has 1 aromatic heterocycles. The van der Waals surface area contributed by atoms with Gasteiger partial charge < -0.3 is 9.84 Å². The highest BCUT2D eigenvalue weighted by atomic mass is 35.5. The van der Waals surface area contributed by atoms with Crippen LogP contribution in [0, 0.1) is 5.92 Å². The molecule has 0 aliphatic rings. The summed E-state index contributed by atoms with van der Waals surface area (Å²) in [6.45, 7) is 1.57. The Morgan fingerprint density at radius 1 is 1.28 bits per heavy atom. The number of benzene rings is 1. The van der Waals surface area contributed by atoms with Gasteiger partial charge in [0.15, 0.2) is 5.78 Å². The van der Waals surface area contributed by atoms with E-state index in [4.69, 9.17) is 16.7 Å². The third-order valence-electron chi connectivity index (χ3n) is 3.21. The third kappa shape index (κ3) is 5.68. The summed E-state index contributed by atoms with van der Waals surface area (Å²) in [6.07, 6.45) is -4.69. The highest BCUT2D eigenvalue weighted by molar-refractivity contribution is 6.28. The molecule has 1 heterocycles. The van der Waals surface area contributed by atoms with Gasteiger partial charge >= 0.3 is 6.36 Å². The Morgan fingerprint density at radius 3 is 2.48 bits per heavy atom. The van der Waals surface area contributed by atoms with Crippen LogP contribution in [0.4, 0.5) is 13.2 Å². The van der Waals surface area contributed by atoms with Crippen molar-refractivity contribution < 1.29 is 27.8 Å². The molecule has 5 nitrogen and oxygen atoms in total. The van der Waals surface area contributed by atoms with Crippen molar-refractivity contribution in [3.63, 3.8) is 0 Å². The highest BCUT2D eigenvalue weighted by Gasteiger charge is 2.31. The van der Waals surface area contributed by atoms with Crippen molar-refractivity contribution >= 4 is 17.4 Å². The van der Waals surface area contributed by atoms with Crippen molar-refractivity contribution in [2.24, 2.45) is 5.92 Å². The highest BCUT2D eigenvalue weighted by Crippen LogP contribution is 2.26. The molecule has 134 valence electrons. The second-order valence-corrected chi connectivity index (χ2v) is 5.73. The Hall–Kier alpha value is -2.19. The zero-order valence-corrected chi connectivity index (χ0v) is 13.8. The van der Waals surface area contributed by atoms with Gasteiger partial charge in [-0.05, 0) is 47.9 Å². The smallest absolute Gasteiger partial charge is 0.406 e. The Balaban J connectivity index is 2.26. The molecule has 9 heteroatoms. The molecule has 0 bridgehead atoms. The molecule has 1 atom stereocenters. The summed E-state index contributed by atoms with van der Waals surface area (Å²) in [4.78, 5) is 20.0. The molecule has 0 saturated heterocycles. The summed E-state index contributed by atoms with van der Waals surface area (Å²) < 4.78 is 40.3. The number of carbonyl (C=O) groups excluding carboxylic acids is 1. The molecule has 25 heavy (non-hydrogen) atoms. The minimum atomic E-state index is -4.78. The van der Waals surface area contributed by atoms with Gasteiger partial charge in [-0.3, -0.25) is 4.79 Å². The molecule has 0 aliphatic carbocycles. The average Bonchev–Trinajstić information content (AvgIpc) is 2.53. The molecule has 0 radical (unpaired) electrons. The number of alkyl halides is 3. The third-order valence-corrected chi connectivity index (χ3v) is 3.38. The Morgan fingerprint density at radius 2 is 1.92 bits per heavy atom. The predicted molar refractivity (Wildman–Crippen MR) is 84.4 cm³/mol. The molecular formula is C16H14ClF3N2O3. The Labute approximate surface area is 146 Å². The minimum Gasteiger partial charge on any atom is -0.406 e. The maximum absolute atomic E-state index is 12.2. The van der Waals surface area contributed by atoms with E-state index in [2.05, 4.69) is 14.7 Å². The SMILES string of the molecule is C[C@@H](CO)CC(=O)c1cc(-c2ccc(OC(F)(F)F)cc2)nc(Cl)n1. The number of aliphatic hydroxyl groups is 1. The Bertz CT molecular complexity index is 751. The van der Waals surface area contributed by atoms with E-state index in [-0.39, 0.29) is 41.5 Å². The van der Waals surface area contributed by atoms with Crippen molar-refractivity contribution in [2.75, 3.05) is 6.61 Å². The van der Waals surface area contributed by atoms with Gasteiger partial charge in [-0.25, -0.2) is 9.97 Å². The van der Waals surface area contributed by atoms with Gasteiger partial charge in [0.25, 0.3) is 0 Å². The van der Waals surface area contributed by atoms with Crippen molar-refractivity contribution in [1.29, 1.82) is 0 Å². The summed E-state index contributed by atoms with van der Waals surface area (Å²) >= 11 is 5.84. The molecule has 2 aromatic rings. The van der Waals surface area contributed by atoms with Crippen molar-refractivity contribution in [2.45, 2.75) is 19.7 Å². The largest absolute Gasteiger partial charge is 0.573 e. The summed E-state index contributed by atoms with van der Waals surface area (Å²) in [6, 6.07) is 6.40. The number of Topliss-reactive ketones (excluding diaryl/α,β-unsaturated/α-hetero) is 1. The number of halogens is 4. The molecule has 0 aliphatic heterocycles. The first-order valence-electron chi connectivity index (χ1n) is 7.23. The van der Waals surface area contributed by atoms with E-state index in [0.717, 1.165) is 12.1 Å². The number of ether oxygens (including phenoxy) is 1. The summed E-state index contributed by atoms with van der Waals surface area (Å²) in [5.41, 5.74) is 0.813. The number of aliphatic hydroxyl groups excluding tert-OH is 1. The molecule has 1 N–H and O–H groups in total. The van der Waals surface area contributed by atoms with E-state index < -0.39 is 6.36 Å². The standard InChI is InChI=1S/C16H14ClF3N2O3/c1-9(8-23)6-14(24)13-7-12(21-15(17)22-13)10-2-4-11(5-3-10)25-16(18,19)20/h2-5,7,9,23H,6,8H2,1H3/t9-/m1/s1. The number of rotatable bonds is 6. The second-order valence-electron chi connectivity index (χ2n) is 5.39. The zero-order valence-electron chi connectivity index (χ0n) is 13.0. The molecule has 2 rings (SSSR count). The van der Waals surface area contributed by atoms with E-state index in [1.807, 2.05) is 0 Å². The van der Waals surface area contributed by atoms with Gasteiger partial charge in [0, 0.05) is 18.6 Å². The van der Waals surface area contributed by atoms with Crippen LogP contribution in [0.25, 0.3) is 11.3 Å². The molecule has 0 amide bonds. The van der Waals surface area contributed by atoms with Gasteiger partial charge in [-0.1, -0.05) is 6.92 Å². The number of nitrogens with zero attached hydrogens (tertiary/aromatic N) is 2. The van der Waals surface area contributed by atoms with Crippen LogP contribution < -0.4 is 4.74 Å². The van der Waals surface area contributed by atoms with Crippen molar-refractivity contribution in [1.82, 2.24) is 9.97 Å². The predicted octanol–water partition coefficient (Wildman–Crippen LogP) is 3.90. The number of aromatic nitrogens is 2. The number of carbonyl (C=O) groups is 1. The summed E-state index contributed by atoms with van der Waals surface area (Å²) in [7, 11) is 0. The number of hydrogen-bond acceptors (Lipinski definition) is 5. The average molecular weight is 375 g/mol. The molecule has 0 unspecified atom stereocenters. The fourth-order valence-electron chi connectivity index (χ4n) is 2.02. The summed E-state index contributed by atoms with van der Waals surface area (Å²) in [5, 5.41) is 8.86. The number of ketones is 1. The van der Waals surface area contributed by atoms with Crippen LogP contribution in [-0.2, 0) is 0 Å². The molecule has 1 aromatic carbocycles. The maximum atomic E-state index is 12.2. The van der Waals surface area contributed by atoms with Gasteiger partial charge in [-0.2, -0.15) is 0 Å². The van der Waals surface area contributed by atoms with Gasteiger partial charge in [0.1, 0.15) is 11.4 Å². The van der Waals surface area contributed by atoms with E-state index in [1.54, 1.807) is 6.92 Å². The first-order chi connectivity index (χ1) is 11.7. The lowest BCUT2D eigenvalue weighted by atomic mass is 10.0. The fourth-order valence-corrected chi connectivity index (χ4v) is 2.20. The zero-order chi connectivity index (χ0) is 18.6. The lowest BCUT2D eigenvalue weighted by molar-refractivity contribution is -0.274. The Kier molecular flexibility index (Phi) is 5.97. The van der Waals surface area contributed by atoms with E-state index in [9.17, 15) is 18.0 Å². The van der Waals surface area contributed by atoms with Gasteiger partial charge in [0.05, 0.1) is 5.69 Å². The lowest BCUT2D eigenvalue weighted by Crippen LogP contribution is -2.16. The fraction of sp³-hybridized carbons (Fsp3) is 0.312. The molecule has 0 spiro atoms. The van der Waals surface area contributed by atoms with E-state index in [0.29, 0.717) is 11.3 Å². The first-order valence-corrected chi connectivity index (χ1v) is 7.60. The van der Waals surface area contributed by atoms with Crippen LogP contribution in [0.3, 0.4) is 0 Å². The maximum Gasteiger partial charge on any atom is 0.573 e. The van der Waals surface area contributed by atoms with Crippen LogP contribution in [-0.4, -0.2) is 33.8 Å². The molecule has 0 fully saturated rings. The monoisotopic (exact) mass is 374 g/mol. The first kappa shape index (κ1) is 19.1. The summed E-state index contributed by atoms with van der Waals surface area (Å²) in [5.74, 6) is -0.919. The number of hydrogen-bond donors (Lipinski definition) is 1.